The van der Waals surface area contributed by atoms with Gasteiger partial charge in [0.2, 0.25) is 0 Å². The number of carbonyl (C=O) groups is 1. The first-order valence-corrected chi connectivity index (χ1v) is 3.75. The van der Waals surface area contributed by atoms with E-state index in [1.165, 1.54) is 0 Å². The zero-order valence-corrected chi connectivity index (χ0v) is 13.1. The summed E-state index contributed by atoms with van der Waals surface area (Å²) in [6.45, 7) is 8.50. The Bertz CT molecular complexity index is 113. The third-order valence-corrected chi connectivity index (χ3v) is 1.11. The van der Waals surface area contributed by atoms with E-state index in [1.807, 2.05) is 13.8 Å². The van der Waals surface area contributed by atoms with Crippen LogP contribution in [-0.2, 0) is 4.79 Å². The van der Waals surface area contributed by atoms with Crippen molar-refractivity contribution in [2.24, 2.45) is 11.8 Å². The van der Waals surface area contributed by atoms with E-state index in [0.29, 0.717) is 12.5 Å². The van der Waals surface area contributed by atoms with Crippen molar-refractivity contribution in [3.63, 3.8) is 0 Å². The number of hydrogen-bond donors (Lipinski definition) is 0. The third kappa shape index (κ3) is 9.19. The SMILES string of the molecule is CC(C)C[N-]C(=O)C(C)C.[Rb+]. The second kappa shape index (κ2) is 7.90. The minimum atomic E-state index is 0. The molecule has 0 heterocycles. The van der Waals surface area contributed by atoms with Crippen molar-refractivity contribution in [1.29, 1.82) is 0 Å². The molecular weight excluding hydrogens is 212 g/mol. The Kier molecular flexibility index (Phi) is 10.6. The van der Waals surface area contributed by atoms with Gasteiger partial charge in [-0.1, -0.05) is 33.6 Å². The number of amides is 1. The maximum Gasteiger partial charge on any atom is 1.00 e. The van der Waals surface area contributed by atoms with Crippen LogP contribution in [0.5, 0.6) is 0 Å². The second-order valence-corrected chi connectivity index (χ2v) is 3.23. The van der Waals surface area contributed by atoms with Crippen LogP contribution in [0.4, 0.5) is 0 Å². The number of carbonyl (C=O) groups excluding carboxylic acids is 1. The van der Waals surface area contributed by atoms with Crippen LogP contribution in [0.1, 0.15) is 27.7 Å². The standard InChI is InChI=1S/C8H17NO.Rb/c1-6(2)5-9-8(10)7(3)4;/h6-7H,5H2,1-4H3,(H,9,10);/q;+1/p-1. The Morgan fingerprint density at radius 1 is 1.27 bits per heavy atom. The molecule has 0 radical (unpaired) electrons. The van der Waals surface area contributed by atoms with Crippen molar-refractivity contribution in [2.45, 2.75) is 27.7 Å². The largest absolute Gasteiger partial charge is 1.00 e. The number of nitrogens with zero attached hydrogens (tertiary/aromatic N) is 1. The van der Waals surface area contributed by atoms with Crippen LogP contribution in [0.15, 0.2) is 0 Å². The summed E-state index contributed by atoms with van der Waals surface area (Å²) in [7, 11) is 0. The predicted molar refractivity (Wildman–Crippen MR) is 42.9 cm³/mol. The van der Waals surface area contributed by atoms with Crippen molar-refractivity contribution in [3.05, 3.63) is 5.32 Å². The van der Waals surface area contributed by atoms with E-state index in [2.05, 4.69) is 19.2 Å². The third-order valence-electron chi connectivity index (χ3n) is 1.11. The normalized spacial score (nSPS) is 9.64. The molecule has 0 aliphatic carbocycles. The molecule has 0 aromatic carbocycles. The van der Waals surface area contributed by atoms with Crippen LogP contribution in [0, 0.1) is 11.8 Å². The molecular formula is C8H16NORb. The molecule has 0 spiro atoms. The van der Waals surface area contributed by atoms with E-state index in [9.17, 15) is 4.79 Å². The summed E-state index contributed by atoms with van der Waals surface area (Å²) in [6.07, 6.45) is 0. The first-order valence-electron chi connectivity index (χ1n) is 3.75. The zero-order chi connectivity index (χ0) is 8.15. The fraction of sp³-hybridized carbons (Fsp3) is 0.875. The summed E-state index contributed by atoms with van der Waals surface area (Å²) in [5, 5.41) is 3.88. The van der Waals surface area contributed by atoms with Crippen LogP contribution in [0.3, 0.4) is 0 Å². The summed E-state index contributed by atoms with van der Waals surface area (Å²) in [4.78, 5) is 10.9. The van der Waals surface area contributed by atoms with Gasteiger partial charge in [-0.2, -0.15) is 0 Å². The summed E-state index contributed by atoms with van der Waals surface area (Å²) in [5.41, 5.74) is 0. The van der Waals surface area contributed by atoms with Crippen LogP contribution in [-0.4, -0.2) is 12.5 Å². The van der Waals surface area contributed by atoms with Crippen LogP contribution in [0.2, 0.25) is 0 Å². The molecule has 0 N–H and O–H groups in total. The average molecular weight is 228 g/mol. The summed E-state index contributed by atoms with van der Waals surface area (Å²) >= 11 is 0. The van der Waals surface area contributed by atoms with Crippen molar-refractivity contribution in [3.8, 4) is 0 Å². The van der Waals surface area contributed by atoms with Crippen molar-refractivity contribution >= 4 is 5.91 Å². The molecule has 0 saturated carbocycles. The predicted octanol–water partition coefficient (Wildman–Crippen LogP) is -0.797. The Morgan fingerprint density at radius 2 is 1.73 bits per heavy atom. The van der Waals surface area contributed by atoms with Gasteiger partial charge in [0.1, 0.15) is 0 Å². The van der Waals surface area contributed by atoms with Crippen LogP contribution >= 0.6 is 0 Å². The number of rotatable bonds is 3. The van der Waals surface area contributed by atoms with Crippen molar-refractivity contribution in [2.75, 3.05) is 6.54 Å². The van der Waals surface area contributed by atoms with Gasteiger partial charge in [-0.25, -0.2) is 0 Å². The molecule has 0 unspecified atom stereocenters. The molecule has 0 rings (SSSR count). The quantitative estimate of drug-likeness (QED) is 0.621. The monoisotopic (exact) mass is 227 g/mol. The Hall–Kier alpha value is 1.28. The van der Waals surface area contributed by atoms with Crippen molar-refractivity contribution < 1.29 is 63.0 Å². The maximum absolute atomic E-state index is 10.9. The summed E-state index contributed by atoms with van der Waals surface area (Å²) in [5.74, 6) is 0.565. The van der Waals surface area contributed by atoms with Crippen LogP contribution < -0.4 is 58.2 Å². The smallest absolute Gasteiger partial charge is 0.653 e. The molecule has 11 heavy (non-hydrogen) atoms. The molecule has 1 amide bonds. The molecule has 0 aromatic rings. The summed E-state index contributed by atoms with van der Waals surface area (Å²) in [6, 6.07) is 0. The average Bonchev–Trinajstić information content (AvgIpc) is 1.82. The molecule has 3 heteroatoms. The van der Waals surface area contributed by atoms with Gasteiger partial charge in [0.05, 0.1) is 5.91 Å². The van der Waals surface area contributed by atoms with Gasteiger partial charge in [0.25, 0.3) is 0 Å². The summed E-state index contributed by atoms with van der Waals surface area (Å²) < 4.78 is 0. The first kappa shape index (κ1) is 14.8. The molecule has 0 bridgehead atoms. The molecule has 0 aliphatic heterocycles. The Balaban J connectivity index is 0. The molecule has 2 nitrogen and oxygen atoms in total. The fourth-order valence-corrected chi connectivity index (χ4v) is 0.455. The molecule has 0 atom stereocenters. The van der Waals surface area contributed by atoms with Gasteiger partial charge in [-0.3, -0.25) is 0 Å². The van der Waals surface area contributed by atoms with E-state index in [4.69, 9.17) is 0 Å². The van der Waals surface area contributed by atoms with E-state index in [0.717, 1.165) is 0 Å². The first-order chi connectivity index (χ1) is 4.54. The van der Waals surface area contributed by atoms with Gasteiger partial charge in [-0.05, 0) is 5.92 Å². The van der Waals surface area contributed by atoms with E-state index >= 15 is 0 Å². The van der Waals surface area contributed by atoms with Crippen LogP contribution in [0.25, 0.3) is 5.32 Å². The van der Waals surface area contributed by atoms with Gasteiger partial charge in [0, 0.05) is 0 Å². The van der Waals surface area contributed by atoms with E-state index < -0.39 is 0 Å². The minimum Gasteiger partial charge on any atom is -0.653 e. The molecule has 0 saturated heterocycles. The van der Waals surface area contributed by atoms with E-state index in [1.54, 1.807) is 0 Å². The van der Waals surface area contributed by atoms with Gasteiger partial charge in [0.15, 0.2) is 0 Å². The zero-order valence-electron chi connectivity index (χ0n) is 8.22. The topological polar surface area (TPSA) is 31.2 Å². The maximum atomic E-state index is 10.9. The Labute approximate surface area is 118 Å². The number of hydrogen-bond acceptors (Lipinski definition) is 1. The molecule has 0 aliphatic rings. The van der Waals surface area contributed by atoms with Gasteiger partial charge >= 0.3 is 58.2 Å². The minimum absolute atomic E-state index is 0. The van der Waals surface area contributed by atoms with Gasteiger partial charge in [-0.15, -0.1) is 6.54 Å². The van der Waals surface area contributed by atoms with Crippen molar-refractivity contribution in [1.82, 2.24) is 0 Å². The van der Waals surface area contributed by atoms with Gasteiger partial charge < -0.3 is 10.1 Å². The molecule has 60 valence electrons. The fourth-order valence-electron chi connectivity index (χ4n) is 0.455. The Morgan fingerprint density at radius 3 is 2.00 bits per heavy atom. The second-order valence-electron chi connectivity index (χ2n) is 3.23. The molecule has 0 aromatic heterocycles. The molecule has 0 fully saturated rings. The van der Waals surface area contributed by atoms with E-state index in [-0.39, 0.29) is 70.0 Å².